The molecule has 0 spiro atoms. The van der Waals surface area contributed by atoms with Crippen molar-refractivity contribution in [3.8, 4) is 0 Å². The normalized spacial score (nSPS) is 22.4. The number of carbonyl (C=O) groups excluding carboxylic acids is 1. The molecule has 2 aromatic carbocycles. The van der Waals surface area contributed by atoms with E-state index in [9.17, 15) is 57.5 Å². The lowest BCUT2D eigenvalue weighted by molar-refractivity contribution is -0.162. The predicted octanol–water partition coefficient (Wildman–Crippen LogP) is 8.82. The maximum Gasteiger partial charge on any atom is 0.417 e. The SMILES string of the molecule is O=C(Cc1cc(C(F)(F)F)cc(C(F)(F)F)c1)N1CCC(CCN2CCN(C3CCCCC3)CC2)(c2ccc(C(F)(F)F)c(C(F)(F)F)c2)C1. The summed E-state index contributed by atoms with van der Waals surface area (Å²) in [4.78, 5) is 19.1. The molecule has 5 rings (SSSR count). The summed E-state index contributed by atoms with van der Waals surface area (Å²) in [6, 6.07) is 3.10. The number of nitrogens with zero attached hydrogens (tertiary/aromatic N) is 3. The van der Waals surface area contributed by atoms with E-state index in [2.05, 4.69) is 9.80 Å². The number of hydrogen-bond acceptors (Lipinski definition) is 3. The molecule has 1 atom stereocenters. The molecule has 2 heterocycles. The van der Waals surface area contributed by atoms with Crippen LogP contribution in [0.15, 0.2) is 36.4 Å². The van der Waals surface area contributed by atoms with E-state index in [1.165, 1.54) is 6.42 Å². The van der Waals surface area contributed by atoms with Gasteiger partial charge in [0.2, 0.25) is 5.91 Å². The van der Waals surface area contributed by atoms with E-state index < -0.39 is 70.3 Å². The Morgan fingerprint density at radius 2 is 1.26 bits per heavy atom. The zero-order valence-corrected chi connectivity index (χ0v) is 26.9. The van der Waals surface area contributed by atoms with Crippen LogP contribution < -0.4 is 0 Å². The van der Waals surface area contributed by atoms with Crippen molar-refractivity contribution in [3.63, 3.8) is 0 Å². The van der Waals surface area contributed by atoms with E-state index in [1.54, 1.807) is 0 Å². The summed E-state index contributed by atoms with van der Waals surface area (Å²) in [5.74, 6) is -0.858. The van der Waals surface area contributed by atoms with Crippen LogP contribution in [-0.4, -0.2) is 72.5 Å². The molecule has 1 saturated carbocycles. The van der Waals surface area contributed by atoms with E-state index in [0.717, 1.165) is 49.7 Å². The summed E-state index contributed by atoms with van der Waals surface area (Å²) in [6.07, 6.45) is -15.9. The fourth-order valence-corrected chi connectivity index (χ4v) is 7.60. The van der Waals surface area contributed by atoms with E-state index in [0.29, 0.717) is 49.9 Å². The highest BCUT2D eigenvalue weighted by Crippen LogP contribution is 2.45. The van der Waals surface area contributed by atoms with Crippen molar-refractivity contribution in [3.05, 3.63) is 69.8 Å². The molecule has 3 fully saturated rings. The van der Waals surface area contributed by atoms with Gasteiger partial charge in [-0.2, -0.15) is 52.7 Å². The third kappa shape index (κ3) is 8.88. The Labute approximate surface area is 281 Å². The molecule has 0 N–H and O–H groups in total. The molecule has 4 nitrogen and oxygen atoms in total. The summed E-state index contributed by atoms with van der Waals surface area (Å²) in [5, 5.41) is 0. The molecule has 278 valence electrons. The van der Waals surface area contributed by atoms with Crippen LogP contribution in [0.2, 0.25) is 0 Å². The Kier molecular flexibility index (Phi) is 10.8. The summed E-state index contributed by atoms with van der Waals surface area (Å²) in [5.41, 5.74) is -8.83. The lowest BCUT2D eigenvalue weighted by Crippen LogP contribution is -2.51. The van der Waals surface area contributed by atoms with Crippen LogP contribution in [-0.2, 0) is 41.3 Å². The van der Waals surface area contributed by atoms with Gasteiger partial charge in [0.05, 0.1) is 28.7 Å². The fraction of sp³-hybridized carbons (Fsp3) is 0.618. The zero-order valence-electron chi connectivity index (χ0n) is 26.9. The van der Waals surface area contributed by atoms with Crippen molar-refractivity contribution >= 4 is 5.91 Å². The van der Waals surface area contributed by atoms with Gasteiger partial charge in [-0.3, -0.25) is 9.69 Å². The minimum Gasteiger partial charge on any atom is -0.341 e. The minimum absolute atomic E-state index is 0.0276. The number of benzene rings is 2. The van der Waals surface area contributed by atoms with E-state index in [1.807, 2.05) is 0 Å². The molecule has 1 amide bonds. The van der Waals surface area contributed by atoms with Crippen molar-refractivity contribution in [1.29, 1.82) is 0 Å². The summed E-state index contributed by atoms with van der Waals surface area (Å²) < 4.78 is 163. The third-order valence-corrected chi connectivity index (χ3v) is 10.4. The van der Waals surface area contributed by atoms with Crippen molar-refractivity contribution in [2.24, 2.45) is 0 Å². The molecule has 50 heavy (non-hydrogen) atoms. The molecule has 0 bridgehead atoms. The van der Waals surface area contributed by atoms with Gasteiger partial charge in [0.1, 0.15) is 0 Å². The molecule has 2 aromatic rings. The van der Waals surface area contributed by atoms with Crippen LogP contribution in [0.4, 0.5) is 52.7 Å². The van der Waals surface area contributed by atoms with Crippen LogP contribution in [0.5, 0.6) is 0 Å². The van der Waals surface area contributed by atoms with Gasteiger partial charge in [-0.15, -0.1) is 0 Å². The standard InChI is InChI=1S/C34H37F12N3O/c35-31(36,37)24-16-22(17-25(19-24)32(38,39)40)18-29(50)49-11-9-30(21-49,23-6-7-27(33(41,42)43)28(20-23)34(44,45)46)8-10-47-12-14-48(15-13-47)26-4-2-1-3-5-26/h6-7,16-17,19-20,26H,1-5,8-15,18,21H2. The number of likely N-dealkylation sites (tertiary alicyclic amines) is 1. The quantitative estimate of drug-likeness (QED) is 0.267. The average Bonchev–Trinajstić information content (AvgIpc) is 3.48. The lowest BCUT2D eigenvalue weighted by atomic mass is 9.75. The van der Waals surface area contributed by atoms with Crippen LogP contribution >= 0.6 is 0 Å². The van der Waals surface area contributed by atoms with Crippen LogP contribution in [0.3, 0.4) is 0 Å². The predicted molar refractivity (Wildman–Crippen MR) is 159 cm³/mol. The van der Waals surface area contributed by atoms with Gasteiger partial charge in [0, 0.05) is 50.7 Å². The zero-order chi connectivity index (χ0) is 36.7. The second-order valence-corrected chi connectivity index (χ2v) is 13.6. The molecule has 1 aliphatic carbocycles. The van der Waals surface area contributed by atoms with Crippen molar-refractivity contribution < 1.29 is 57.5 Å². The maximum absolute atomic E-state index is 14.0. The molecule has 1 unspecified atom stereocenters. The Bertz CT molecular complexity index is 1470. The van der Waals surface area contributed by atoms with Crippen LogP contribution in [0.1, 0.15) is 78.3 Å². The first-order chi connectivity index (χ1) is 23.2. The fourth-order valence-electron chi connectivity index (χ4n) is 7.60. The maximum atomic E-state index is 14.0. The summed E-state index contributed by atoms with van der Waals surface area (Å²) >= 11 is 0. The van der Waals surface area contributed by atoms with Gasteiger partial charge in [-0.1, -0.05) is 25.3 Å². The Morgan fingerprint density at radius 1 is 0.680 bits per heavy atom. The Hall–Kier alpha value is -3.01. The van der Waals surface area contributed by atoms with Gasteiger partial charge >= 0.3 is 24.7 Å². The first-order valence-electron chi connectivity index (χ1n) is 16.5. The number of carbonyl (C=O) groups is 1. The van der Waals surface area contributed by atoms with Gasteiger partial charge in [-0.25, -0.2) is 0 Å². The molecule has 0 aromatic heterocycles. The average molecular weight is 732 g/mol. The first-order valence-corrected chi connectivity index (χ1v) is 16.5. The minimum atomic E-state index is -5.36. The first kappa shape index (κ1) is 38.2. The monoisotopic (exact) mass is 731 g/mol. The lowest BCUT2D eigenvalue weighted by Gasteiger charge is -2.42. The topological polar surface area (TPSA) is 26.8 Å². The molecule has 3 aliphatic rings. The largest absolute Gasteiger partial charge is 0.417 e. The van der Waals surface area contributed by atoms with E-state index in [4.69, 9.17) is 0 Å². The second kappa shape index (κ2) is 14.2. The molecule has 2 aliphatic heterocycles. The smallest absolute Gasteiger partial charge is 0.341 e. The van der Waals surface area contributed by atoms with Gasteiger partial charge in [0.25, 0.3) is 0 Å². The molecule has 2 saturated heterocycles. The van der Waals surface area contributed by atoms with E-state index >= 15 is 0 Å². The summed E-state index contributed by atoms with van der Waals surface area (Å²) in [6.45, 7) is 2.84. The highest BCUT2D eigenvalue weighted by atomic mass is 19.4. The van der Waals surface area contributed by atoms with Crippen LogP contribution in [0.25, 0.3) is 0 Å². The van der Waals surface area contributed by atoms with Crippen molar-refractivity contribution in [2.45, 2.75) is 87.5 Å². The number of halogens is 12. The number of alkyl halides is 12. The third-order valence-electron chi connectivity index (χ3n) is 10.4. The number of hydrogen-bond donors (Lipinski definition) is 0. The van der Waals surface area contributed by atoms with Gasteiger partial charge in [-0.05, 0) is 73.7 Å². The van der Waals surface area contributed by atoms with Crippen molar-refractivity contribution in [2.75, 3.05) is 45.8 Å². The van der Waals surface area contributed by atoms with Gasteiger partial charge in [0.15, 0.2) is 0 Å². The molecular weight excluding hydrogens is 694 g/mol. The highest BCUT2D eigenvalue weighted by Gasteiger charge is 2.47. The molecule has 16 heteroatoms. The highest BCUT2D eigenvalue weighted by molar-refractivity contribution is 5.79. The number of piperazine rings is 1. The van der Waals surface area contributed by atoms with Crippen LogP contribution in [0, 0.1) is 0 Å². The number of rotatable bonds is 7. The van der Waals surface area contributed by atoms with E-state index in [-0.39, 0.29) is 37.6 Å². The molecular formula is C34H37F12N3O. The summed E-state index contributed by atoms with van der Waals surface area (Å²) in [7, 11) is 0. The second-order valence-electron chi connectivity index (χ2n) is 13.6. The molecule has 0 radical (unpaired) electrons. The van der Waals surface area contributed by atoms with Crippen molar-refractivity contribution in [1.82, 2.24) is 14.7 Å². The Balaban J connectivity index is 1.40. The van der Waals surface area contributed by atoms with Gasteiger partial charge < -0.3 is 9.80 Å². The Morgan fingerprint density at radius 3 is 1.80 bits per heavy atom. The number of amides is 1.